The number of halogens is 5. The molecule has 0 bridgehead atoms. The van der Waals surface area contributed by atoms with Crippen molar-refractivity contribution in [3.63, 3.8) is 0 Å². The van der Waals surface area contributed by atoms with Crippen LogP contribution in [0, 0.1) is 0 Å². The Morgan fingerprint density at radius 1 is 1.24 bits per heavy atom. The Kier molecular flexibility index (Phi) is 6.35. The zero-order chi connectivity index (χ0) is 15.9. The van der Waals surface area contributed by atoms with Gasteiger partial charge in [0.2, 0.25) is 5.91 Å². The topological polar surface area (TPSA) is 50.4 Å². The zero-order valence-electron chi connectivity index (χ0n) is 10.7. The average molecular weight is 312 g/mol. The van der Waals surface area contributed by atoms with Crippen molar-refractivity contribution in [2.45, 2.75) is 19.3 Å². The Morgan fingerprint density at radius 3 is 2.52 bits per heavy atom. The lowest BCUT2D eigenvalue weighted by molar-refractivity contribution is -0.128. The molecule has 1 amide bonds. The van der Waals surface area contributed by atoms with Crippen molar-refractivity contribution in [3.05, 3.63) is 29.8 Å². The molecule has 0 atom stereocenters. The number of para-hydroxylation sites is 1. The third-order valence-electron chi connectivity index (χ3n) is 2.28. The van der Waals surface area contributed by atoms with E-state index in [9.17, 15) is 26.7 Å². The summed E-state index contributed by atoms with van der Waals surface area (Å²) in [4.78, 5) is 11.3. The second-order valence-corrected chi connectivity index (χ2v) is 3.98. The van der Waals surface area contributed by atoms with E-state index < -0.39 is 31.8 Å². The van der Waals surface area contributed by atoms with Crippen LogP contribution in [0.15, 0.2) is 24.3 Å². The van der Waals surface area contributed by atoms with Gasteiger partial charge in [-0.25, -0.2) is 0 Å². The van der Waals surface area contributed by atoms with Gasteiger partial charge >= 0.3 is 12.8 Å². The molecule has 1 aromatic carbocycles. The van der Waals surface area contributed by atoms with Crippen molar-refractivity contribution in [3.8, 4) is 5.75 Å². The predicted molar refractivity (Wildman–Crippen MR) is 63.8 cm³/mol. The summed E-state index contributed by atoms with van der Waals surface area (Å²) in [5.41, 5.74) is 0.293. The van der Waals surface area contributed by atoms with E-state index >= 15 is 0 Å². The van der Waals surface area contributed by atoms with Crippen molar-refractivity contribution < 1.29 is 31.5 Å². The van der Waals surface area contributed by atoms with Gasteiger partial charge in [-0.3, -0.25) is 4.79 Å². The highest BCUT2D eigenvalue weighted by Gasteiger charge is 2.26. The molecule has 21 heavy (non-hydrogen) atoms. The van der Waals surface area contributed by atoms with Crippen molar-refractivity contribution in [2.24, 2.45) is 0 Å². The fraction of sp³-hybridized carbons (Fsp3) is 0.417. The van der Waals surface area contributed by atoms with Crippen LogP contribution in [0.25, 0.3) is 0 Å². The highest BCUT2D eigenvalue weighted by Crippen LogP contribution is 2.19. The molecule has 0 aliphatic heterocycles. The second-order valence-electron chi connectivity index (χ2n) is 3.98. The van der Waals surface area contributed by atoms with Crippen molar-refractivity contribution >= 4 is 5.91 Å². The maximum Gasteiger partial charge on any atom is 0.401 e. The fourth-order valence-electron chi connectivity index (χ4n) is 1.43. The van der Waals surface area contributed by atoms with Gasteiger partial charge in [0, 0.05) is 12.1 Å². The van der Waals surface area contributed by atoms with Gasteiger partial charge in [-0.05, 0) is 6.07 Å². The molecule has 9 heteroatoms. The van der Waals surface area contributed by atoms with Crippen LogP contribution in [0.4, 0.5) is 22.0 Å². The average Bonchev–Trinajstić information content (AvgIpc) is 2.35. The molecule has 0 aliphatic carbocycles. The summed E-state index contributed by atoms with van der Waals surface area (Å²) >= 11 is 0. The van der Waals surface area contributed by atoms with Crippen LogP contribution in [0.3, 0.4) is 0 Å². The Balaban J connectivity index is 2.42. The number of carbonyl (C=O) groups is 1. The van der Waals surface area contributed by atoms with Gasteiger partial charge in [-0.2, -0.15) is 22.0 Å². The molecule has 0 aromatic heterocycles. The van der Waals surface area contributed by atoms with E-state index in [1.165, 1.54) is 18.2 Å². The smallest absolute Gasteiger partial charge is 0.401 e. The van der Waals surface area contributed by atoms with E-state index in [1.54, 1.807) is 6.07 Å². The molecule has 0 unspecified atom stereocenters. The quantitative estimate of drug-likeness (QED) is 0.758. The van der Waals surface area contributed by atoms with Crippen LogP contribution >= 0.6 is 0 Å². The van der Waals surface area contributed by atoms with Crippen LogP contribution in [-0.4, -0.2) is 31.8 Å². The number of nitrogens with one attached hydrogen (secondary N) is 2. The number of ether oxygens (including phenoxy) is 1. The van der Waals surface area contributed by atoms with E-state index in [0.717, 1.165) is 0 Å². The van der Waals surface area contributed by atoms with Crippen molar-refractivity contribution in [1.82, 2.24) is 10.6 Å². The first-order valence-corrected chi connectivity index (χ1v) is 5.85. The summed E-state index contributed by atoms with van der Waals surface area (Å²) in [5.74, 6) is -0.790. The maximum absolute atomic E-state index is 12.2. The van der Waals surface area contributed by atoms with Gasteiger partial charge in [0.05, 0.1) is 13.1 Å². The molecule has 0 aliphatic rings. The highest BCUT2D eigenvalue weighted by molar-refractivity contribution is 5.78. The van der Waals surface area contributed by atoms with Gasteiger partial charge in [-0.15, -0.1) is 0 Å². The molecule has 1 aromatic rings. The molecule has 0 heterocycles. The van der Waals surface area contributed by atoms with Gasteiger partial charge in [0.1, 0.15) is 5.75 Å². The first-order valence-electron chi connectivity index (χ1n) is 5.85. The molecule has 118 valence electrons. The molecule has 0 saturated heterocycles. The standard InChI is InChI=1S/C12H13F5N2O2/c13-11(14)21-9-4-2-1-3-8(9)5-19-10(20)6-18-7-12(15,16)17/h1-4,11,18H,5-7H2,(H,19,20). The molecule has 0 saturated carbocycles. The molecular formula is C12H13F5N2O2. The van der Waals surface area contributed by atoms with Crippen LogP contribution in [0.1, 0.15) is 5.56 Å². The monoisotopic (exact) mass is 312 g/mol. The predicted octanol–water partition coefficient (Wildman–Crippen LogP) is 2.06. The van der Waals surface area contributed by atoms with Gasteiger partial charge < -0.3 is 15.4 Å². The zero-order valence-corrected chi connectivity index (χ0v) is 10.7. The van der Waals surface area contributed by atoms with Gasteiger partial charge in [0.15, 0.2) is 0 Å². The highest BCUT2D eigenvalue weighted by atomic mass is 19.4. The third kappa shape index (κ3) is 7.45. The van der Waals surface area contributed by atoms with E-state index in [1.807, 2.05) is 5.32 Å². The van der Waals surface area contributed by atoms with E-state index in [0.29, 0.717) is 5.56 Å². The van der Waals surface area contributed by atoms with Gasteiger partial charge in [-0.1, -0.05) is 18.2 Å². The Morgan fingerprint density at radius 2 is 1.90 bits per heavy atom. The fourth-order valence-corrected chi connectivity index (χ4v) is 1.43. The lowest BCUT2D eigenvalue weighted by Crippen LogP contribution is -2.38. The third-order valence-corrected chi connectivity index (χ3v) is 2.28. The van der Waals surface area contributed by atoms with Crippen LogP contribution in [0.2, 0.25) is 0 Å². The lowest BCUT2D eigenvalue weighted by Gasteiger charge is -2.12. The first kappa shape index (κ1) is 17.2. The maximum atomic E-state index is 12.2. The van der Waals surface area contributed by atoms with Gasteiger partial charge in [0.25, 0.3) is 0 Å². The minimum atomic E-state index is -4.40. The Hall–Kier alpha value is -1.90. The second kappa shape index (κ2) is 7.77. The van der Waals surface area contributed by atoms with E-state index in [-0.39, 0.29) is 12.3 Å². The van der Waals surface area contributed by atoms with Crippen LogP contribution in [-0.2, 0) is 11.3 Å². The Bertz CT molecular complexity index is 465. The summed E-state index contributed by atoms with van der Waals surface area (Å²) in [6.45, 7) is -4.95. The van der Waals surface area contributed by atoms with Crippen molar-refractivity contribution in [2.75, 3.05) is 13.1 Å². The number of hydrogen-bond acceptors (Lipinski definition) is 3. The number of rotatable bonds is 7. The minimum absolute atomic E-state index is 0.101. The molecular weight excluding hydrogens is 299 g/mol. The lowest BCUT2D eigenvalue weighted by atomic mass is 10.2. The molecule has 2 N–H and O–H groups in total. The number of alkyl halides is 5. The normalized spacial score (nSPS) is 11.5. The van der Waals surface area contributed by atoms with E-state index in [4.69, 9.17) is 0 Å². The largest absolute Gasteiger partial charge is 0.434 e. The van der Waals surface area contributed by atoms with Crippen LogP contribution in [0.5, 0.6) is 5.75 Å². The van der Waals surface area contributed by atoms with Crippen LogP contribution < -0.4 is 15.4 Å². The first-order chi connectivity index (χ1) is 9.78. The summed E-state index contributed by atoms with van der Waals surface area (Å²) in [6, 6.07) is 5.80. The molecule has 1 rings (SSSR count). The molecule has 0 radical (unpaired) electrons. The van der Waals surface area contributed by atoms with E-state index in [2.05, 4.69) is 10.1 Å². The van der Waals surface area contributed by atoms with Crippen molar-refractivity contribution in [1.29, 1.82) is 0 Å². The Labute approximate surface area is 117 Å². The minimum Gasteiger partial charge on any atom is -0.434 e. The summed E-state index contributed by atoms with van der Waals surface area (Å²) in [6.07, 6.45) is -4.40. The number of benzene rings is 1. The molecule has 0 fully saturated rings. The summed E-state index contributed by atoms with van der Waals surface area (Å²) < 4.78 is 64.1. The number of hydrogen-bond donors (Lipinski definition) is 2. The number of amides is 1. The molecule has 0 spiro atoms. The summed E-state index contributed by atoms with van der Waals surface area (Å²) in [5, 5.41) is 4.23. The molecule has 4 nitrogen and oxygen atoms in total. The summed E-state index contributed by atoms with van der Waals surface area (Å²) in [7, 11) is 0. The number of carbonyl (C=O) groups excluding carboxylic acids is 1. The SMILES string of the molecule is O=C(CNCC(F)(F)F)NCc1ccccc1OC(F)F.